The summed E-state index contributed by atoms with van der Waals surface area (Å²) < 4.78 is 63.0. The SMILES string of the molecule is O=S(=O)(Oc1cccnc1-c1ccccn1)C(F)(F)F. The molecule has 0 aliphatic carbocycles. The van der Waals surface area contributed by atoms with Crippen molar-refractivity contribution in [2.24, 2.45) is 0 Å². The van der Waals surface area contributed by atoms with Crippen molar-refractivity contribution >= 4 is 10.1 Å². The molecule has 2 heterocycles. The highest BCUT2D eigenvalue weighted by Gasteiger charge is 2.48. The van der Waals surface area contributed by atoms with Crippen molar-refractivity contribution in [1.29, 1.82) is 0 Å². The van der Waals surface area contributed by atoms with Gasteiger partial charge in [0.05, 0.1) is 5.69 Å². The minimum atomic E-state index is -5.75. The fraction of sp³-hybridized carbons (Fsp3) is 0.0909. The summed E-state index contributed by atoms with van der Waals surface area (Å²) in [7, 11) is -5.75. The number of alkyl halides is 3. The molecule has 0 spiro atoms. The van der Waals surface area contributed by atoms with Crippen LogP contribution in [0.4, 0.5) is 13.2 Å². The van der Waals surface area contributed by atoms with Gasteiger partial charge in [0.25, 0.3) is 0 Å². The zero-order valence-corrected chi connectivity index (χ0v) is 10.5. The smallest absolute Gasteiger partial charge is 0.374 e. The van der Waals surface area contributed by atoms with Crippen molar-refractivity contribution in [3.8, 4) is 17.1 Å². The van der Waals surface area contributed by atoms with Crippen LogP contribution in [0.25, 0.3) is 11.4 Å². The average Bonchev–Trinajstić information content (AvgIpc) is 2.38. The Morgan fingerprint density at radius 3 is 2.30 bits per heavy atom. The third kappa shape index (κ3) is 2.87. The van der Waals surface area contributed by atoms with E-state index in [2.05, 4.69) is 14.2 Å². The van der Waals surface area contributed by atoms with Crippen LogP contribution in [0.3, 0.4) is 0 Å². The highest BCUT2D eigenvalue weighted by Crippen LogP contribution is 2.31. The Balaban J connectivity index is 2.45. The van der Waals surface area contributed by atoms with Crippen LogP contribution in [0.15, 0.2) is 42.7 Å². The van der Waals surface area contributed by atoms with Gasteiger partial charge in [-0.05, 0) is 24.3 Å². The molecule has 0 saturated heterocycles. The fourth-order valence-corrected chi connectivity index (χ4v) is 1.78. The summed E-state index contributed by atoms with van der Waals surface area (Å²) in [4.78, 5) is 7.68. The van der Waals surface area contributed by atoms with E-state index >= 15 is 0 Å². The van der Waals surface area contributed by atoms with E-state index < -0.39 is 21.4 Å². The van der Waals surface area contributed by atoms with Gasteiger partial charge in [-0.15, -0.1) is 0 Å². The van der Waals surface area contributed by atoms with Crippen molar-refractivity contribution in [3.63, 3.8) is 0 Å². The van der Waals surface area contributed by atoms with Gasteiger partial charge in [0.15, 0.2) is 5.75 Å². The molecule has 2 aromatic heterocycles. The Morgan fingerprint density at radius 1 is 1.00 bits per heavy atom. The number of rotatable bonds is 3. The number of pyridine rings is 2. The quantitative estimate of drug-likeness (QED) is 0.643. The van der Waals surface area contributed by atoms with Crippen LogP contribution in [0.5, 0.6) is 5.75 Å². The molecule has 0 aliphatic rings. The van der Waals surface area contributed by atoms with E-state index in [-0.39, 0.29) is 11.4 Å². The van der Waals surface area contributed by atoms with Crippen LogP contribution in [-0.4, -0.2) is 23.9 Å². The lowest BCUT2D eigenvalue weighted by atomic mass is 10.2. The van der Waals surface area contributed by atoms with E-state index in [9.17, 15) is 21.6 Å². The van der Waals surface area contributed by atoms with E-state index in [1.165, 1.54) is 24.5 Å². The second-order valence-corrected chi connectivity index (χ2v) is 5.09. The van der Waals surface area contributed by atoms with Crippen LogP contribution in [0.1, 0.15) is 0 Å². The summed E-state index contributed by atoms with van der Waals surface area (Å²) in [5, 5.41) is 0. The zero-order valence-electron chi connectivity index (χ0n) is 9.70. The van der Waals surface area contributed by atoms with Gasteiger partial charge in [0, 0.05) is 12.4 Å². The normalized spacial score (nSPS) is 12.2. The first-order valence-corrected chi connectivity index (χ1v) is 6.59. The minimum Gasteiger partial charge on any atom is -0.374 e. The minimum absolute atomic E-state index is 0.0964. The number of aromatic nitrogens is 2. The average molecular weight is 304 g/mol. The molecule has 2 aromatic rings. The molecule has 106 valence electrons. The molecule has 0 amide bonds. The molecular weight excluding hydrogens is 297 g/mol. The summed E-state index contributed by atoms with van der Waals surface area (Å²) in [6.45, 7) is 0. The fourth-order valence-electron chi connectivity index (χ4n) is 1.32. The molecule has 0 radical (unpaired) electrons. The molecule has 0 atom stereocenters. The van der Waals surface area contributed by atoms with Crippen LogP contribution < -0.4 is 4.18 Å². The highest BCUT2D eigenvalue weighted by atomic mass is 32.2. The number of hydrogen-bond acceptors (Lipinski definition) is 5. The lowest BCUT2D eigenvalue weighted by Crippen LogP contribution is -2.28. The highest BCUT2D eigenvalue weighted by molar-refractivity contribution is 7.88. The summed E-state index contributed by atoms with van der Waals surface area (Å²) >= 11 is 0. The van der Waals surface area contributed by atoms with Gasteiger partial charge in [-0.2, -0.15) is 21.6 Å². The Kier molecular flexibility index (Phi) is 3.62. The molecule has 2 rings (SSSR count). The molecule has 0 saturated carbocycles. The molecule has 5 nitrogen and oxygen atoms in total. The Labute approximate surface area is 112 Å². The monoisotopic (exact) mass is 304 g/mol. The maximum Gasteiger partial charge on any atom is 0.534 e. The van der Waals surface area contributed by atoms with Gasteiger partial charge >= 0.3 is 15.6 Å². The number of halogens is 3. The lowest BCUT2D eigenvalue weighted by molar-refractivity contribution is -0.0499. The van der Waals surface area contributed by atoms with Crippen LogP contribution in [0.2, 0.25) is 0 Å². The van der Waals surface area contributed by atoms with Gasteiger partial charge < -0.3 is 4.18 Å². The Morgan fingerprint density at radius 2 is 1.70 bits per heavy atom. The largest absolute Gasteiger partial charge is 0.534 e. The van der Waals surface area contributed by atoms with E-state index in [1.54, 1.807) is 12.1 Å². The predicted molar refractivity (Wildman–Crippen MR) is 63.1 cm³/mol. The first kappa shape index (κ1) is 14.3. The molecule has 0 aliphatic heterocycles. The molecule has 0 unspecified atom stereocenters. The van der Waals surface area contributed by atoms with Gasteiger partial charge in [-0.25, -0.2) is 0 Å². The zero-order chi connectivity index (χ0) is 14.8. The first-order chi connectivity index (χ1) is 9.31. The molecule has 9 heteroatoms. The van der Waals surface area contributed by atoms with Gasteiger partial charge in [-0.3, -0.25) is 9.97 Å². The van der Waals surface area contributed by atoms with E-state index in [0.29, 0.717) is 0 Å². The second-order valence-electron chi connectivity index (χ2n) is 3.55. The van der Waals surface area contributed by atoms with Crippen molar-refractivity contribution in [2.45, 2.75) is 5.51 Å². The molecule has 20 heavy (non-hydrogen) atoms. The standard InChI is InChI=1S/C11H7F3N2O3S/c12-11(13,14)20(17,18)19-9-5-3-7-16-10(9)8-4-1-2-6-15-8/h1-7H. The molecule has 0 N–H and O–H groups in total. The third-order valence-corrected chi connectivity index (χ3v) is 3.13. The third-order valence-electron chi connectivity index (χ3n) is 2.16. The Bertz CT molecular complexity index is 702. The van der Waals surface area contributed by atoms with Crippen LogP contribution in [0, 0.1) is 0 Å². The Hall–Kier alpha value is -2.16. The van der Waals surface area contributed by atoms with Crippen molar-refractivity contribution in [1.82, 2.24) is 9.97 Å². The maximum absolute atomic E-state index is 12.3. The van der Waals surface area contributed by atoms with Crippen LogP contribution in [-0.2, 0) is 10.1 Å². The number of hydrogen-bond donors (Lipinski definition) is 0. The predicted octanol–water partition coefficient (Wildman–Crippen LogP) is 2.37. The van der Waals surface area contributed by atoms with E-state index in [0.717, 1.165) is 6.07 Å². The van der Waals surface area contributed by atoms with Crippen molar-refractivity contribution in [3.05, 3.63) is 42.7 Å². The van der Waals surface area contributed by atoms with Gasteiger partial charge in [0.1, 0.15) is 5.69 Å². The maximum atomic E-state index is 12.3. The summed E-state index contributed by atoms with van der Waals surface area (Å²) in [5.74, 6) is -0.538. The molecule has 0 fully saturated rings. The summed E-state index contributed by atoms with van der Waals surface area (Å²) in [5.41, 5.74) is -5.41. The number of nitrogens with zero attached hydrogens (tertiary/aromatic N) is 2. The van der Waals surface area contributed by atoms with Crippen molar-refractivity contribution in [2.75, 3.05) is 0 Å². The van der Waals surface area contributed by atoms with Gasteiger partial charge in [0.2, 0.25) is 0 Å². The van der Waals surface area contributed by atoms with Crippen LogP contribution >= 0.6 is 0 Å². The molecular formula is C11H7F3N2O3S. The summed E-state index contributed by atoms with van der Waals surface area (Å²) in [6.07, 6.45) is 2.68. The first-order valence-electron chi connectivity index (χ1n) is 5.18. The topological polar surface area (TPSA) is 69.2 Å². The molecule has 0 bridgehead atoms. The van der Waals surface area contributed by atoms with E-state index in [1.807, 2.05) is 0 Å². The summed E-state index contributed by atoms with van der Waals surface area (Å²) in [6, 6.07) is 6.97. The van der Waals surface area contributed by atoms with E-state index in [4.69, 9.17) is 0 Å². The second kappa shape index (κ2) is 5.08. The lowest BCUT2D eigenvalue weighted by Gasteiger charge is -2.11. The van der Waals surface area contributed by atoms with Gasteiger partial charge in [-0.1, -0.05) is 6.07 Å². The van der Waals surface area contributed by atoms with Crippen molar-refractivity contribution < 1.29 is 25.8 Å². The molecule has 0 aromatic carbocycles.